The molecule has 1 heterocycles. The normalized spacial score (nSPS) is 9.67. The molecule has 5 heteroatoms. The van der Waals surface area contributed by atoms with Crippen molar-refractivity contribution in [1.82, 2.24) is 4.98 Å². The lowest BCUT2D eigenvalue weighted by Gasteiger charge is -2.08. The second-order valence-corrected chi connectivity index (χ2v) is 4.75. The quantitative estimate of drug-likeness (QED) is 0.838. The van der Waals surface area contributed by atoms with E-state index in [1.165, 1.54) is 0 Å². The van der Waals surface area contributed by atoms with E-state index in [0.29, 0.717) is 22.0 Å². The van der Waals surface area contributed by atoms with E-state index in [0.717, 1.165) is 5.69 Å². The Morgan fingerprint density at radius 2 is 2.19 bits per heavy atom. The van der Waals surface area contributed by atoms with Gasteiger partial charge < -0.3 is 11.1 Å². The summed E-state index contributed by atoms with van der Waals surface area (Å²) in [6.07, 6.45) is 0. The van der Waals surface area contributed by atoms with Crippen LogP contribution in [-0.4, -0.2) is 17.4 Å². The average Bonchev–Trinajstić information content (AvgIpc) is 2.47. The van der Waals surface area contributed by atoms with Crippen LogP contribution in [0.2, 0.25) is 5.02 Å². The summed E-state index contributed by atoms with van der Waals surface area (Å²) in [5.74, 6) is 5.34. The van der Waals surface area contributed by atoms with Gasteiger partial charge in [-0.05, 0) is 37.3 Å². The Morgan fingerprint density at radius 1 is 1.38 bits per heavy atom. The molecule has 0 radical (unpaired) electrons. The number of halogens is 1. The van der Waals surface area contributed by atoms with Gasteiger partial charge in [-0.2, -0.15) is 0 Å². The number of nitrogens with two attached hydrogens (primary N) is 1. The molecule has 0 aliphatic carbocycles. The number of pyridine rings is 1. The van der Waals surface area contributed by atoms with Gasteiger partial charge in [0.25, 0.3) is 5.91 Å². The van der Waals surface area contributed by atoms with Crippen molar-refractivity contribution in [2.75, 3.05) is 11.9 Å². The molecule has 1 aromatic heterocycles. The number of amides is 1. The number of anilines is 1. The van der Waals surface area contributed by atoms with Crippen molar-refractivity contribution in [2.24, 2.45) is 5.73 Å². The second-order valence-electron chi connectivity index (χ2n) is 4.31. The Bertz CT molecular complexity index is 732. The minimum atomic E-state index is -0.295. The van der Waals surface area contributed by atoms with Crippen molar-refractivity contribution >= 4 is 23.2 Å². The Balaban J connectivity index is 2.29. The summed E-state index contributed by atoms with van der Waals surface area (Å²) in [4.78, 5) is 16.4. The molecule has 3 N–H and O–H groups in total. The number of carbonyl (C=O) groups is 1. The summed E-state index contributed by atoms with van der Waals surface area (Å²) >= 11 is 5.95. The molecule has 0 aliphatic rings. The third-order valence-electron chi connectivity index (χ3n) is 2.68. The highest BCUT2D eigenvalue weighted by Gasteiger charge is 2.10. The van der Waals surface area contributed by atoms with Crippen LogP contribution in [0.1, 0.15) is 21.7 Å². The van der Waals surface area contributed by atoms with E-state index in [-0.39, 0.29) is 12.5 Å². The second kappa shape index (κ2) is 6.89. The molecular weight excluding hydrogens is 286 g/mol. The first-order chi connectivity index (χ1) is 10.1. The van der Waals surface area contributed by atoms with Crippen LogP contribution in [0.25, 0.3) is 0 Å². The Kier molecular flexibility index (Phi) is 4.94. The highest BCUT2D eigenvalue weighted by atomic mass is 35.5. The van der Waals surface area contributed by atoms with E-state index >= 15 is 0 Å². The van der Waals surface area contributed by atoms with Gasteiger partial charge in [0, 0.05) is 16.3 Å². The number of benzene rings is 1. The smallest absolute Gasteiger partial charge is 0.274 e. The molecule has 0 fully saturated rings. The fraction of sp³-hybridized carbons (Fsp3) is 0.125. The van der Waals surface area contributed by atoms with E-state index in [1.54, 1.807) is 30.3 Å². The number of aryl methyl sites for hydroxylation is 1. The van der Waals surface area contributed by atoms with Crippen LogP contribution in [0, 0.1) is 18.8 Å². The number of hydrogen-bond donors (Lipinski definition) is 2. The van der Waals surface area contributed by atoms with Gasteiger partial charge in [0.2, 0.25) is 0 Å². The molecule has 0 atom stereocenters. The summed E-state index contributed by atoms with van der Waals surface area (Å²) in [5, 5.41) is 3.33. The topological polar surface area (TPSA) is 68.0 Å². The first-order valence-electron chi connectivity index (χ1n) is 6.33. The molecule has 106 valence electrons. The van der Waals surface area contributed by atoms with E-state index in [4.69, 9.17) is 17.3 Å². The van der Waals surface area contributed by atoms with Crippen LogP contribution in [0.15, 0.2) is 36.4 Å². The summed E-state index contributed by atoms with van der Waals surface area (Å²) in [6.45, 7) is 2.07. The van der Waals surface area contributed by atoms with Crippen LogP contribution >= 0.6 is 11.6 Å². The minimum Gasteiger partial charge on any atom is -0.320 e. The van der Waals surface area contributed by atoms with Crippen LogP contribution in [-0.2, 0) is 0 Å². The molecule has 21 heavy (non-hydrogen) atoms. The molecule has 2 aromatic rings. The molecule has 2 rings (SSSR count). The van der Waals surface area contributed by atoms with Gasteiger partial charge in [0.05, 0.1) is 12.2 Å². The molecule has 0 saturated heterocycles. The highest BCUT2D eigenvalue weighted by Crippen LogP contribution is 2.20. The Labute approximate surface area is 128 Å². The molecule has 0 bridgehead atoms. The van der Waals surface area contributed by atoms with Gasteiger partial charge in [-0.1, -0.05) is 29.5 Å². The number of aromatic nitrogens is 1. The first-order valence-corrected chi connectivity index (χ1v) is 6.71. The lowest BCUT2D eigenvalue weighted by molar-refractivity contribution is 0.102. The van der Waals surface area contributed by atoms with E-state index in [1.807, 2.05) is 13.0 Å². The van der Waals surface area contributed by atoms with Crippen molar-refractivity contribution in [1.29, 1.82) is 0 Å². The zero-order chi connectivity index (χ0) is 15.2. The summed E-state index contributed by atoms with van der Waals surface area (Å²) in [6, 6.07) is 10.4. The highest BCUT2D eigenvalue weighted by molar-refractivity contribution is 6.30. The van der Waals surface area contributed by atoms with Crippen molar-refractivity contribution in [3.63, 3.8) is 0 Å². The van der Waals surface area contributed by atoms with Gasteiger partial charge in [0.1, 0.15) is 5.69 Å². The molecule has 1 amide bonds. The molecule has 4 nitrogen and oxygen atoms in total. The largest absolute Gasteiger partial charge is 0.320 e. The lowest BCUT2D eigenvalue weighted by atomic mass is 10.1. The maximum absolute atomic E-state index is 12.2. The standard InChI is InChI=1S/C16H14ClN3O/c1-11-4-2-6-15(19-11)16(21)20-14-8-7-13(17)10-12(14)5-3-9-18/h2,4,6-8,10H,9,18H2,1H3,(H,20,21). The number of nitrogens with one attached hydrogen (secondary N) is 1. The molecule has 0 saturated carbocycles. The summed E-state index contributed by atoms with van der Waals surface area (Å²) in [5.41, 5.74) is 7.70. The summed E-state index contributed by atoms with van der Waals surface area (Å²) < 4.78 is 0. The number of nitrogens with zero attached hydrogens (tertiary/aromatic N) is 1. The molecular formula is C16H14ClN3O. The number of rotatable bonds is 2. The Hall–Kier alpha value is -2.35. The fourth-order valence-electron chi connectivity index (χ4n) is 1.73. The predicted molar refractivity (Wildman–Crippen MR) is 84.3 cm³/mol. The molecule has 0 aliphatic heterocycles. The average molecular weight is 300 g/mol. The number of hydrogen-bond acceptors (Lipinski definition) is 3. The lowest BCUT2D eigenvalue weighted by Crippen LogP contribution is -2.14. The van der Waals surface area contributed by atoms with E-state index in [9.17, 15) is 4.79 Å². The zero-order valence-electron chi connectivity index (χ0n) is 11.5. The SMILES string of the molecule is Cc1cccc(C(=O)Nc2ccc(Cl)cc2C#CCN)n1. The molecule has 0 spiro atoms. The van der Waals surface area contributed by atoms with Crippen molar-refractivity contribution < 1.29 is 4.79 Å². The predicted octanol–water partition coefficient (Wildman–Crippen LogP) is 2.61. The number of carbonyl (C=O) groups excluding carboxylic acids is 1. The molecule has 0 unspecified atom stereocenters. The van der Waals surface area contributed by atoms with Crippen LogP contribution in [0.3, 0.4) is 0 Å². The first kappa shape index (κ1) is 15.0. The van der Waals surface area contributed by atoms with Gasteiger partial charge in [-0.25, -0.2) is 4.98 Å². The fourth-order valence-corrected chi connectivity index (χ4v) is 1.90. The maximum atomic E-state index is 12.2. The van der Waals surface area contributed by atoms with Crippen molar-refractivity contribution in [3.8, 4) is 11.8 Å². The van der Waals surface area contributed by atoms with Crippen molar-refractivity contribution in [3.05, 3.63) is 58.4 Å². The van der Waals surface area contributed by atoms with Gasteiger partial charge >= 0.3 is 0 Å². The zero-order valence-corrected chi connectivity index (χ0v) is 12.2. The monoisotopic (exact) mass is 299 g/mol. The van der Waals surface area contributed by atoms with Gasteiger partial charge in [-0.15, -0.1) is 0 Å². The van der Waals surface area contributed by atoms with Gasteiger partial charge in [-0.3, -0.25) is 4.79 Å². The summed E-state index contributed by atoms with van der Waals surface area (Å²) in [7, 11) is 0. The Morgan fingerprint density at radius 3 is 2.90 bits per heavy atom. The van der Waals surface area contributed by atoms with Crippen LogP contribution < -0.4 is 11.1 Å². The van der Waals surface area contributed by atoms with Crippen LogP contribution in [0.4, 0.5) is 5.69 Å². The van der Waals surface area contributed by atoms with Crippen LogP contribution in [0.5, 0.6) is 0 Å². The maximum Gasteiger partial charge on any atom is 0.274 e. The molecule has 1 aromatic carbocycles. The third-order valence-corrected chi connectivity index (χ3v) is 2.91. The van der Waals surface area contributed by atoms with Crippen molar-refractivity contribution in [2.45, 2.75) is 6.92 Å². The van der Waals surface area contributed by atoms with E-state index in [2.05, 4.69) is 22.1 Å². The van der Waals surface area contributed by atoms with E-state index < -0.39 is 0 Å². The third kappa shape index (κ3) is 4.06. The van der Waals surface area contributed by atoms with Gasteiger partial charge in [0.15, 0.2) is 0 Å². The minimum absolute atomic E-state index is 0.235.